The minimum absolute atomic E-state index is 0.0675. The van der Waals surface area contributed by atoms with Gasteiger partial charge in [-0.05, 0) is 30.8 Å². The summed E-state index contributed by atoms with van der Waals surface area (Å²) in [6, 6.07) is 5.79. The second kappa shape index (κ2) is 9.93. The van der Waals surface area contributed by atoms with Crippen molar-refractivity contribution in [2.24, 2.45) is 11.3 Å². The Balaban J connectivity index is 2.54. The Labute approximate surface area is 194 Å². The third kappa shape index (κ3) is 5.81. The van der Waals surface area contributed by atoms with Crippen molar-refractivity contribution in [1.82, 2.24) is 4.90 Å². The van der Waals surface area contributed by atoms with E-state index in [2.05, 4.69) is 0 Å². The monoisotopic (exact) mass is 485 g/mol. The number of hydrogen-bond donors (Lipinski definition) is 2. The Hall–Kier alpha value is -2.56. The molecule has 1 amide bonds. The first-order valence-electron chi connectivity index (χ1n) is 9.55. The molecule has 1 aliphatic heterocycles. The van der Waals surface area contributed by atoms with Crippen LogP contribution in [0.25, 0.3) is 0 Å². The minimum Gasteiger partial charge on any atom is -0.476 e. The zero-order valence-corrected chi connectivity index (χ0v) is 19.7. The minimum atomic E-state index is -1.55. The van der Waals surface area contributed by atoms with Gasteiger partial charge in [-0.1, -0.05) is 38.4 Å². The Morgan fingerprint density at radius 2 is 1.75 bits per heavy atom. The van der Waals surface area contributed by atoms with E-state index >= 15 is 0 Å². The number of carboxylic acid groups (broad SMARTS) is 1. The van der Waals surface area contributed by atoms with Gasteiger partial charge >= 0.3 is 11.9 Å². The van der Waals surface area contributed by atoms with Gasteiger partial charge in [0.2, 0.25) is 11.0 Å². The van der Waals surface area contributed by atoms with E-state index in [0.29, 0.717) is 11.8 Å². The highest BCUT2D eigenvalue weighted by molar-refractivity contribution is 8.16. The molecule has 0 radical (unpaired) electrons. The van der Waals surface area contributed by atoms with Crippen LogP contribution in [-0.2, 0) is 19.2 Å². The lowest BCUT2D eigenvalue weighted by Crippen LogP contribution is -2.62. The predicted molar refractivity (Wildman–Crippen MR) is 117 cm³/mol. The van der Waals surface area contributed by atoms with Crippen LogP contribution < -0.4 is 9.47 Å². The summed E-state index contributed by atoms with van der Waals surface area (Å²) in [4.78, 5) is 49.3. The number of nitrogens with zero attached hydrogens (tertiary/aromatic N) is 1. The lowest BCUT2D eigenvalue weighted by molar-refractivity contribution is -0.158. The van der Waals surface area contributed by atoms with E-state index in [1.807, 2.05) is 0 Å². The second-order valence-electron chi connectivity index (χ2n) is 8.10. The molecule has 2 N–H and O–H groups in total. The number of benzene rings is 1. The van der Waals surface area contributed by atoms with Gasteiger partial charge in [0.15, 0.2) is 10.8 Å². The number of amides is 1. The van der Waals surface area contributed by atoms with Crippen LogP contribution in [-0.4, -0.2) is 49.7 Å². The SMILES string of the molecule is CC(=O)Oc1cccc(OC(SC(=O)C(C)(C)C)=C(C(=O)O)N2C(=O)[C@H]([C@@H](C)O)[C@@H]2Cl)c1. The molecule has 1 heterocycles. The van der Waals surface area contributed by atoms with Crippen molar-refractivity contribution in [3.63, 3.8) is 0 Å². The van der Waals surface area contributed by atoms with E-state index in [1.165, 1.54) is 38.1 Å². The van der Waals surface area contributed by atoms with Gasteiger partial charge in [0.1, 0.15) is 17.0 Å². The number of aliphatic carboxylic acids is 1. The summed E-state index contributed by atoms with van der Waals surface area (Å²) in [6.07, 6.45) is -1.09. The van der Waals surface area contributed by atoms with Gasteiger partial charge in [-0.15, -0.1) is 0 Å². The Morgan fingerprint density at radius 3 is 2.19 bits per heavy atom. The van der Waals surface area contributed by atoms with Gasteiger partial charge in [0.05, 0.1) is 12.0 Å². The summed E-state index contributed by atoms with van der Waals surface area (Å²) >= 11 is 6.71. The lowest BCUT2D eigenvalue weighted by atomic mass is 9.92. The molecule has 0 saturated carbocycles. The Kier molecular flexibility index (Phi) is 7.97. The topological polar surface area (TPSA) is 130 Å². The summed E-state index contributed by atoms with van der Waals surface area (Å²) in [7, 11) is 0. The number of carbonyl (C=O) groups excluding carboxylic acids is 3. The van der Waals surface area contributed by atoms with Crippen molar-refractivity contribution in [3.8, 4) is 11.5 Å². The number of carboxylic acids is 1. The average molecular weight is 486 g/mol. The number of halogens is 1. The molecule has 0 unspecified atom stereocenters. The molecule has 0 aliphatic carbocycles. The number of esters is 1. The van der Waals surface area contributed by atoms with E-state index in [0.717, 1.165) is 4.90 Å². The summed E-state index contributed by atoms with van der Waals surface area (Å²) in [5.74, 6) is -3.62. The normalized spacial score (nSPS) is 20.1. The van der Waals surface area contributed by atoms with Gasteiger partial charge in [-0.2, -0.15) is 0 Å². The molecule has 1 aromatic carbocycles. The maximum absolute atomic E-state index is 12.7. The fraction of sp³-hybridized carbons (Fsp3) is 0.429. The molecule has 1 fully saturated rings. The third-order valence-corrected chi connectivity index (χ3v) is 6.02. The number of hydrogen-bond acceptors (Lipinski definition) is 8. The van der Waals surface area contributed by atoms with E-state index in [-0.39, 0.29) is 16.6 Å². The molecule has 3 atom stereocenters. The van der Waals surface area contributed by atoms with E-state index < -0.39 is 51.6 Å². The van der Waals surface area contributed by atoms with Crippen molar-refractivity contribution in [2.45, 2.75) is 46.2 Å². The molecule has 11 heteroatoms. The maximum atomic E-state index is 12.7. The van der Waals surface area contributed by atoms with Gasteiger partial charge in [-0.3, -0.25) is 19.3 Å². The Bertz CT molecular complexity index is 969. The number of β-lactam (4-membered cyclic amide) rings is 1. The molecular formula is C21H24ClNO8S. The number of aliphatic hydroxyl groups is 1. The number of carbonyl (C=O) groups is 4. The molecular weight excluding hydrogens is 462 g/mol. The third-order valence-electron chi connectivity index (χ3n) is 4.30. The molecule has 1 aromatic rings. The summed E-state index contributed by atoms with van der Waals surface area (Å²) in [5.41, 5.74) is -2.64. The van der Waals surface area contributed by atoms with Gasteiger partial charge in [0.25, 0.3) is 0 Å². The quantitative estimate of drug-likeness (QED) is 0.114. The highest BCUT2D eigenvalue weighted by atomic mass is 35.5. The predicted octanol–water partition coefficient (Wildman–Crippen LogP) is 2.95. The second-order valence-corrected chi connectivity index (χ2v) is 9.49. The van der Waals surface area contributed by atoms with E-state index in [4.69, 9.17) is 21.1 Å². The molecule has 1 aliphatic rings. The van der Waals surface area contributed by atoms with Crippen LogP contribution in [0.2, 0.25) is 0 Å². The zero-order valence-electron chi connectivity index (χ0n) is 18.1. The summed E-state index contributed by atoms with van der Waals surface area (Å²) < 4.78 is 10.7. The van der Waals surface area contributed by atoms with Crippen molar-refractivity contribution in [2.75, 3.05) is 0 Å². The number of thioether (sulfide) groups is 1. The van der Waals surface area contributed by atoms with Crippen LogP contribution in [0, 0.1) is 11.3 Å². The van der Waals surface area contributed by atoms with Crippen LogP contribution in [0.3, 0.4) is 0 Å². The molecule has 9 nitrogen and oxygen atoms in total. The lowest BCUT2D eigenvalue weighted by Gasteiger charge is -2.44. The number of rotatable bonds is 7. The van der Waals surface area contributed by atoms with Crippen LogP contribution in [0.5, 0.6) is 11.5 Å². The van der Waals surface area contributed by atoms with Crippen LogP contribution in [0.4, 0.5) is 0 Å². The number of ether oxygens (including phenoxy) is 2. The number of likely N-dealkylation sites (tertiary alicyclic amines) is 1. The summed E-state index contributed by atoms with van der Waals surface area (Å²) in [5, 5.41) is 18.8. The molecule has 0 aromatic heterocycles. The van der Waals surface area contributed by atoms with Crippen molar-refractivity contribution >= 4 is 46.3 Å². The zero-order chi connectivity index (χ0) is 24.4. The number of alkyl halides is 1. The van der Waals surface area contributed by atoms with Gasteiger partial charge in [0, 0.05) is 18.4 Å². The van der Waals surface area contributed by atoms with Gasteiger partial charge in [-0.25, -0.2) is 4.79 Å². The number of aliphatic hydroxyl groups excluding tert-OH is 1. The summed E-state index contributed by atoms with van der Waals surface area (Å²) in [6.45, 7) is 7.52. The fourth-order valence-corrected chi connectivity index (χ4v) is 4.07. The first kappa shape index (κ1) is 25.7. The highest BCUT2D eigenvalue weighted by Crippen LogP contribution is 2.40. The largest absolute Gasteiger partial charge is 0.476 e. The Morgan fingerprint density at radius 1 is 1.19 bits per heavy atom. The molecule has 1 saturated heterocycles. The van der Waals surface area contributed by atoms with Crippen LogP contribution in [0.15, 0.2) is 35.1 Å². The smallest absolute Gasteiger partial charge is 0.357 e. The maximum Gasteiger partial charge on any atom is 0.357 e. The van der Waals surface area contributed by atoms with Crippen molar-refractivity contribution in [1.29, 1.82) is 0 Å². The van der Waals surface area contributed by atoms with E-state index in [9.17, 15) is 29.4 Å². The van der Waals surface area contributed by atoms with Gasteiger partial charge < -0.3 is 19.7 Å². The van der Waals surface area contributed by atoms with Crippen molar-refractivity contribution in [3.05, 3.63) is 35.1 Å². The first-order chi connectivity index (χ1) is 14.7. The molecule has 32 heavy (non-hydrogen) atoms. The van der Waals surface area contributed by atoms with Crippen LogP contribution >= 0.6 is 23.4 Å². The molecule has 174 valence electrons. The average Bonchev–Trinajstić information content (AvgIpc) is 2.63. The first-order valence-corrected chi connectivity index (χ1v) is 10.8. The standard InChI is InChI=1S/C21H24ClNO8S/c1-10(24)14-16(22)23(17(14)26)15(18(27)28)19(32-20(29)21(3,4)5)31-13-8-6-7-12(9-13)30-11(2)25/h6-10,14,16,24H,1-5H3,(H,27,28)/t10-,14-,16-/m1/s1. The van der Waals surface area contributed by atoms with E-state index in [1.54, 1.807) is 20.8 Å². The van der Waals surface area contributed by atoms with Crippen molar-refractivity contribution < 1.29 is 38.9 Å². The molecule has 2 rings (SSSR count). The fourth-order valence-electron chi connectivity index (χ4n) is 2.67. The molecule has 0 spiro atoms. The highest BCUT2D eigenvalue weighted by Gasteiger charge is 2.53. The molecule has 0 bridgehead atoms. The van der Waals surface area contributed by atoms with Crippen LogP contribution in [0.1, 0.15) is 34.6 Å².